The van der Waals surface area contributed by atoms with Crippen LogP contribution in [0.15, 0.2) is 42.7 Å². The van der Waals surface area contributed by atoms with Crippen LogP contribution in [0.5, 0.6) is 0 Å². The van der Waals surface area contributed by atoms with Gasteiger partial charge in [-0.3, -0.25) is 14.7 Å². The summed E-state index contributed by atoms with van der Waals surface area (Å²) < 4.78 is 0. The van der Waals surface area contributed by atoms with Crippen LogP contribution in [0.1, 0.15) is 54.4 Å². The standard InChI is InChI=1S/C25H30N5O/c1-2-22-27-21-5-3-4-20(23(21)28-22)24(31)30-16-10-25(11-17-30)8-14-29(15-9-25)18-19-6-12-26-13-7-19/h2-7,12-13H,8-11,14-18H2,1H3,(H,27,28). The van der Waals surface area contributed by atoms with E-state index < -0.39 is 0 Å². The van der Waals surface area contributed by atoms with Gasteiger partial charge < -0.3 is 9.88 Å². The maximum atomic E-state index is 13.3. The fourth-order valence-electron chi connectivity index (χ4n) is 5.15. The van der Waals surface area contributed by atoms with E-state index in [2.05, 4.69) is 32.0 Å². The van der Waals surface area contributed by atoms with Gasteiger partial charge in [0, 0.05) is 38.4 Å². The summed E-state index contributed by atoms with van der Waals surface area (Å²) in [6.45, 7) is 6.93. The molecule has 1 N–H and O–H groups in total. The second-order valence-corrected chi connectivity index (χ2v) is 9.03. The van der Waals surface area contributed by atoms with Gasteiger partial charge in [-0.15, -0.1) is 0 Å². The van der Waals surface area contributed by atoms with Gasteiger partial charge in [0.15, 0.2) is 0 Å². The average Bonchev–Trinajstić information content (AvgIpc) is 3.25. The second-order valence-electron chi connectivity index (χ2n) is 9.03. The molecule has 0 atom stereocenters. The first-order chi connectivity index (χ1) is 15.2. The van der Waals surface area contributed by atoms with Crippen molar-refractivity contribution in [3.05, 3.63) is 66.1 Å². The zero-order valence-corrected chi connectivity index (χ0v) is 18.2. The van der Waals surface area contributed by atoms with E-state index in [0.29, 0.717) is 5.41 Å². The molecular weight excluding hydrogens is 386 g/mol. The Kier molecular flexibility index (Phi) is 5.48. The predicted molar refractivity (Wildman–Crippen MR) is 121 cm³/mol. The Morgan fingerprint density at radius 3 is 2.48 bits per heavy atom. The number of hydrogen-bond acceptors (Lipinski definition) is 4. The van der Waals surface area contributed by atoms with Gasteiger partial charge in [0.25, 0.3) is 5.91 Å². The molecule has 2 saturated heterocycles. The number of para-hydroxylation sites is 1. The summed E-state index contributed by atoms with van der Waals surface area (Å²) in [6.07, 6.45) is 10.3. The Labute approximate surface area is 183 Å². The quantitative estimate of drug-likeness (QED) is 0.697. The van der Waals surface area contributed by atoms with E-state index in [1.54, 1.807) is 0 Å². The summed E-state index contributed by atoms with van der Waals surface area (Å²) in [4.78, 5) is 29.8. The SMILES string of the molecule is C[CH]c1nc2cccc(C(=O)N3CCC4(CCN(Cc5ccncc5)CC4)CC3)c2[nH]1. The summed E-state index contributed by atoms with van der Waals surface area (Å²) in [5.74, 6) is 0.938. The number of nitrogens with one attached hydrogen (secondary N) is 1. The minimum absolute atomic E-state index is 0.127. The number of carbonyl (C=O) groups excluding carboxylic acids is 1. The lowest BCUT2D eigenvalue weighted by Gasteiger charge is -2.47. The van der Waals surface area contributed by atoms with E-state index in [0.717, 1.165) is 68.0 Å². The highest BCUT2D eigenvalue weighted by Crippen LogP contribution is 2.41. The van der Waals surface area contributed by atoms with Crippen molar-refractivity contribution < 1.29 is 4.79 Å². The first-order valence-electron chi connectivity index (χ1n) is 11.3. The third-order valence-electron chi connectivity index (χ3n) is 7.22. The number of fused-ring (bicyclic) bond motifs is 1. The van der Waals surface area contributed by atoms with Gasteiger partial charge in [0.2, 0.25) is 0 Å². The van der Waals surface area contributed by atoms with E-state index in [-0.39, 0.29) is 5.91 Å². The number of likely N-dealkylation sites (tertiary alicyclic amines) is 2. The topological polar surface area (TPSA) is 65.1 Å². The Morgan fingerprint density at radius 1 is 1.06 bits per heavy atom. The molecule has 0 unspecified atom stereocenters. The van der Waals surface area contributed by atoms with Crippen LogP contribution < -0.4 is 0 Å². The third-order valence-corrected chi connectivity index (χ3v) is 7.22. The number of rotatable bonds is 4. The number of aromatic amines is 1. The molecule has 0 saturated carbocycles. The number of benzene rings is 1. The van der Waals surface area contributed by atoms with Crippen molar-refractivity contribution in [3.8, 4) is 0 Å². The van der Waals surface area contributed by atoms with Crippen molar-refractivity contribution in [2.75, 3.05) is 26.2 Å². The first-order valence-corrected chi connectivity index (χ1v) is 11.3. The molecular formula is C25H30N5O. The molecule has 1 radical (unpaired) electrons. The maximum absolute atomic E-state index is 13.3. The van der Waals surface area contributed by atoms with E-state index >= 15 is 0 Å². The molecule has 161 valence electrons. The number of hydrogen-bond donors (Lipinski definition) is 1. The number of nitrogens with zero attached hydrogens (tertiary/aromatic N) is 4. The van der Waals surface area contributed by atoms with Crippen LogP contribution in [0.25, 0.3) is 11.0 Å². The van der Waals surface area contributed by atoms with Crippen LogP contribution in [0.2, 0.25) is 0 Å². The van der Waals surface area contributed by atoms with Gasteiger partial charge in [-0.05, 0) is 74.0 Å². The highest BCUT2D eigenvalue weighted by atomic mass is 16.2. The molecule has 4 heterocycles. The maximum Gasteiger partial charge on any atom is 0.256 e. The second kappa shape index (κ2) is 8.42. The highest BCUT2D eigenvalue weighted by molar-refractivity contribution is 6.05. The van der Waals surface area contributed by atoms with Gasteiger partial charge in [0.1, 0.15) is 5.82 Å². The van der Waals surface area contributed by atoms with Crippen molar-refractivity contribution in [1.82, 2.24) is 24.8 Å². The molecule has 3 aromatic rings. The van der Waals surface area contributed by atoms with E-state index in [9.17, 15) is 4.79 Å². The molecule has 2 aliphatic rings. The molecule has 2 aromatic heterocycles. The fourth-order valence-corrected chi connectivity index (χ4v) is 5.15. The normalized spacial score (nSPS) is 19.2. The van der Waals surface area contributed by atoms with Crippen LogP contribution in [0.3, 0.4) is 0 Å². The van der Waals surface area contributed by atoms with E-state index in [1.165, 1.54) is 18.4 Å². The average molecular weight is 417 g/mol. The third kappa shape index (κ3) is 4.09. The van der Waals surface area contributed by atoms with Gasteiger partial charge >= 0.3 is 0 Å². The van der Waals surface area contributed by atoms with Crippen molar-refractivity contribution in [3.63, 3.8) is 0 Å². The van der Waals surface area contributed by atoms with Gasteiger partial charge in [0.05, 0.1) is 16.6 Å². The van der Waals surface area contributed by atoms with Gasteiger partial charge in [-0.2, -0.15) is 0 Å². The Balaban J connectivity index is 1.20. The van der Waals surface area contributed by atoms with Gasteiger partial charge in [-0.1, -0.05) is 13.0 Å². The molecule has 1 amide bonds. The molecule has 2 fully saturated rings. The molecule has 5 rings (SSSR count). The molecule has 1 aromatic carbocycles. The Hall–Kier alpha value is -2.73. The summed E-state index contributed by atoms with van der Waals surface area (Å²) in [7, 11) is 0. The number of amides is 1. The summed E-state index contributed by atoms with van der Waals surface area (Å²) >= 11 is 0. The molecule has 0 bridgehead atoms. The van der Waals surface area contributed by atoms with Crippen LogP contribution in [-0.4, -0.2) is 56.8 Å². The number of aromatic nitrogens is 3. The predicted octanol–water partition coefficient (Wildman–Crippen LogP) is 4.05. The van der Waals surface area contributed by atoms with E-state index in [4.69, 9.17) is 0 Å². The van der Waals surface area contributed by atoms with Crippen molar-refractivity contribution in [1.29, 1.82) is 0 Å². The van der Waals surface area contributed by atoms with Crippen molar-refractivity contribution in [2.24, 2.45) is 5.41 Å². The minimum atomic E-state index is 0.127. The van der Waals surface area contributed by atoms with Crippen LogP contribution >= 0.6 is 0 Å². The first kappa shape index (κ1) is 20.2. The lowest BCUT2D eigenvalue weighted by molar-refractivity contribution is 0.0286. The number of carbonyl (C=O) groups is 1. The number of H-pyrrole nitrogens is 1. The number of piperidine rings is 2. The zero-order valence-electron chi connectivity index (χ0n) is 18.2. The lowest BCUT2D eigenvalue weighted by atomic mass is 9.71. The molecule has 31 heavy (non-hydrogen) atoms. The molecule has 0 aliphatic carbocycles. The summed E-state index contributed by atoms with van der Waals surface area (Å²) in [5, 5.41) is 0. The zero-order chi connectivity index (χ0) is 21.3. The fraction of sp³-hybridized carbons (Fsp3) is 0.440. The van der Waals surface area contributed by atoms with Crippen molar-refractivity contribution >= 4 is 16.9 Å². The Bertz CT molecular complexity index is 1040. The lowest BCUT2D eigenvalue weighted by Crippen LogP contribution is -2.48. The largest absolute Gasteiger partial charge is 0.341 e. The summed E-state index contributed by atoms with van der Waals surface area (Å²) in [6, 6.07) is 10.0. The van der Waals surface area contributed by atoms with Crippen LogP contribution in [0.4, 0.5) is 0 Å². The molecule has 6 heteroatoms. The van der Waals surface area contributed by atoms with Crippen LogP contribution in [0, 0.1) is 11.8 Å². The number of imidazole rings is 1. The molecule has 2 aliphatic heterocycles. The van der Waals surface area contributed by atoms with E-state index in [1.807, 2.05) is 48.8 Å². The molecule has 6 nitrogen and oxygen atoms in total. The van der Waals surface area contributed by atoms with Crippen LogP contribution in [-0.2, 0) is 6.54 Å². The molecule has 1 spiro atoms. The number of pyridine rings is 1. The van der Waals surface area contributed by atoms with Crippen molar-refractivity contribution in [2.45, 2.75) is 39.2 Å². The summed E-state index contributed by atoms with van der Waals surface area (Å²) in [5.41, 5.74) is 4.18. The monoisotopic (exact) mass is 416 g/mol. The smallest absolute Gasteiger partial charge is 0.256 e. The Morgan fingerprint density at radius 2 is 1.77 bits per heavy atom. The minimum Gasteiger partial charge on any atom is -0.341 e. The van der Waals surface area contributed by atoms with Gasteiger partial charge in [-0.25, -0.2) is 4.98 Å². The highest BCUT2D eigenvalue weighted by Gasteiger charge is 2.38.